The minimum atomic E-state index is -0.385. The van der Waals surface area contributed by atoms with Crippen LogP contribution in [0.3, 0.4) is 0 Å². The van der Waals surface area contributed by atoms with Gasteiger partial charge in [0, 0.05) is 28.8 Å². The Morgan fingerprint density at radius 1 is 1.21 bits per heavy atom. The van der Waals surface area contributed by atoms with Gasteiger partial charge in [0.15, 0.2) is 5.16 Å². The van der Waals surface area contributed by atoms with Crippen LogP contribution in [0.25, 0.3) is 5.69 Å². The highest BCUT2D eigenvalue weighted by Crippen LogP contribution is 2.22. The second-order valence-electron chi connectivity index (χ2n) is 5.69. The Morgan fingerprint density at radius 3 is 2.71 bits per heavy atom. The van der Waals surface area contributed by atoms with Crippen molar-refractivity contribution in [1.82, 2.24) is 9.55 Å². The number of rotatable bonds is 7. The molecule has 0 spiro atoms. The van der Waals surface area contributed by atoms with E-state index in [4.69, 9.17) is 16.3 Å². The number of nitrogens with one attached hydrogen (secondary N) is 1. The van der Waals surface area contributed by atoms with Gasteiger partial charge in [-0.05, 0) is 49.4 Å². The molecule has 1 aromatic heterocycles. The lowest BCUT2D eigenvalue weighted by atomic mass is 10.2. The number of anilines is 1. The van der Waals surface area contributed by atoms with Crippen molar-refractivity contribution >= 4 is 40.9 Å². The number of benzene rings is 2. The number of amides is 1. The van der Waals surface area contributed by atoms with E-state index in [0.29, 0.717) is 28.0 Å². The minimum Gasteiger partial charge on any atom is -0.462 e. The van der Waals surface area contributed by atoms with Gasteiger partial charge in [-0.15, -0.1) is 0 Å². The van der Waals surface area contributed by atoms with E-state index in [1.54, 1.807) is 43.5 Å². The van der Waals surface area contributed by atoms with Crippen molar-refractivity contribution in [2.45, 2.75) is 12.1 Å². The van der Waals surface area contributed by atoms with Crippen LogP contribution >= 0.6 is 23.4 Å². The number of imidazole rings is 1. The number of aromatic nitrogens is 2. The SMILES string of the molecule is CCOC(=O)c1ccc(NC(=O)CSc2nccn2-c2cccc(Cl)c2)cc1. The summed E-state index contributed by atoms with van der Waals surface area (Å²) in [5, 5.41) is 4.12. The fourth-order valence-electron chi connectivity index (χ4n) is 2.45. The smallest absolute Gasteiger partial charge is 0.338 e. The van der Waals surface area contributed by atoms with Crippen molar-refractivity contribution in [1.29, 1.82) is 0 Å². The Morgan fingerprint density at radius 2 is 2.00 bits per heavy atom. The van der Waals surface area contributed by atoms with Gasteiger partial charge in [0.2, 0.25) is 5.91 Å². The van der Waals surface area contributed by atoms with E-state index < -0.39 is 0 Å². The lowest BCUT2D eigenvalue weighted by Crippen LogP contribution is -2.14. The summed E-state index contributed by atoms with van der Waals surface area (Å²) < 4.78 is 6.81. The first-order chi connectivity index (χ1) is 13.6. The molecule has 3 aromatic rings. The van der Waals surface area contributed by atoms with Crippen LogP contribution in [0.5, 0.6) is 0 Å². The van der Waals surface area contributed by atoms with E-state index in [1.165, 1.54) is 11.8 Å². The molecular weight excluding hydrogens is 398 g/mol. The summed E-state index contributed by atoms with van der Waals surface area (Å²) in [4.78, 5) is 28.2. The number of carbonyl (C=O) groups excluding carboxylic acids is 2. The van der Waals surface area contributed by atoms with Crippen LogP contribution in [-0.2, 0) is 9.53 Å². The van der Waals surface area contributed by atoms with Crippen LogP contribution in [-0.4, -0.2) is 33.8 Å². The van der Waals surface area contributed by atoms with Crippen molar-refractivity contribution in [2.75, 3.05) is 17.7 Å². The second-order valence-corrected chi connectivity index (χ2v) is 7.07. The van der Waals surface area contributed by atoms with Gasteiger partial charge in [0.25, 0.3) is 0 Å². The molecular formula is C20H18ClN3O3S. The fraction of sp³-hybridized carbons (Fsp3) is 0.150. The van der Waals surface area contributed by atoms with Crippen molar-refractivity contribution < 1.29 is 14.3 Å². The first kappa shape index (κ1) is 20.0. The summed E-state index contributed by atoms with van der Waals surface area (Å²) in [7, 11) is 0. The van der Waals surface area contributed by atoms with Gasteiger partial charge < -0.3 is 10.1 Å². The predicted octanol–water partition coefficient (Wildman–Crippen LogP) is 4.43. The molecule has 1 heterocycles. The van der Waals surface area contributed by atoms with Gasteiger partial charge >= 0.3 is 5.97 Å². The summed E-state index contributed by atoms with van der Waals surface area (Å²) in [6.45, 7) is 2.07. The maximum atomic E-state index is 12.2. The monoisotopic (exact) mass is 415 g/mol. The molecule has 6 nitrogen and oxygen atoms in total. The number of thioether (sulfide) groups is 1. The zero-order valence-corrected chi connectivity index (χ0v) is 16.7. The molecule has 0 fully saturated rings. The Balaban J connectivity index is 1.58. The highest BCUT2D eigenvalue weighted by atomic mass is 35.5. The van der Waals surface area contributed by atoms with Gasteiger partial charge in [-0.2, -0.15) is 0 Å². The van der Waals surface area contributed by atoms with Crippen LogP contribution in [0.4, 0.5) is 5.69 Å². The number of hydrogen-bond acceptors (Lipinski definition) is 5. The van der Waals surface area contributed by atoms with Gasteiger partial charge in [0.1, 0.15) is 0 Å². The average molecular weight is 416 g/mol. The fourth-order valence-corrected chi connectivity index (χ4v) is 3.41. The van der Waals surface area contributed by atoms with E-state index >= 15 is 0 Å². The Hall–Kier alpha value is -2.77. The number of ether oxygens (including phenoxy) is 1. The first-order valence-corrected chi connectivity index (χ1v) is 9.92. The molecule has 1 amide bonds. The Kier molecular flexibility index (Phi) is 6.73. The lowest BCUT2D eigenvalue weighted by molar-refractivity contribution is -0.113. The largest absolute Gasteiger partial charge is 0.462 e. The van der Waals surface area contributed by atoms with Crippen LogP contribution < -0.4 is 5.32 Å². The second kappa shape index (κ2) is 9.43. The normalized spacial score (nSPS) is 10.5. The molecule has 8 heteroatoms. The molecule has 1 N–H and O–H groups in total. The zero-order valence-electron chi connectivity index (χ0n) is 15.1. The Bertz CT molecular complexity index is 973. The molecule has 0 aliphatic carbocycles. The summed E-state index contributed by atoms with van der Waals surface area (Å²) in [5.41, 5.74) is 1.93. The van der Waals surface area contributed by atoms with Crippen LogP contribution in [0.1, 0.15) is 17.3 Å². The van der Waals surface area contributed by atoms with Crippen molar-refractivity contribution in [2.24, 2.45) is 0 Å². The first-order valence-electron chi connectivity index (χ1n) is 8.56. The number of esters is 1. The van der Waals surface area contributed by atoms with E-state index in [9.17, 15) is 9.59 Å². The number of hydrogen-bond donors (Lipinski definition) is 1. The quantitative estimate of drug-likeness (QED) is 0.456. The van der Waals surface area contributed by atoms with E-state index in [2.05, 4.69) is 10.3 Å². The molecule has 0 saturated heterocycles. The highest BCUT2D eigenvalue weighted by Gasteiger charge is 2.11. The predicted molar refractivity (Wildman–Crippen MR) is 110 cm³/mol. The third-order valence-corrected chi connectivity index (χ3v) is 4.91. The minimum absolute atomic E-state index is 0.172. The summed E-state index contributed by atoms with van der Waals surface area (Å²) >= 11 is 7.37. The molecule has 0 saturated carbocycles. The maximum absolute atomic E-state index is 12.2. The molecule has 0 atom stereocenters. The molecule has 0 aliphatic rings. The van der Waals surface area contributed by atoms with Crippen LogP contribution in [0, 0.1) is 0 Å². The molecule has 144 valence electrons. The van der Waals surface area contributed by atoms with E-state index in [0.717, 1.165) is 5.69 Å². The van der Waals surface area contributed by atoms with Crippen molar-refractivity contribution in [3.05, 3.63) is 71.5 Å². The topological polar surface area (TPSA) is 73.2 Å². The third kappa shape index (κ3) is 5.15. The Labute approximate surface area is 171 Å². The standard InChI is InChI=1S/C20H18ClN3O3S/c1-2-27-19(26)14-6-8-16(9-7-14)23-18(25)13-28-20-22-10-11-24(20)17-5-3-4-15(21)12-17/h3-12H,2,13H2,1H3,(H,23,25). The van der Waals surface area contributed by atoms with Gasteiger partial charge in [-0.25, -0.2) is 9.78 Å². The average Bonchev–Trinajstić information content (AvgIpc) is 3.16. The molecule has 0 radical (unpaired) electrons. The van der Waals surface area contributed by atoms with Crippen LogP contribution in [0.2, 0.25) is 5.02 Å². The molecule has 0 bridgehead atoms. The third-order valence-electron chi connectivity index (χ3n) is 3.71. The molecule has 2 aromatic carbocycles. The number of carbonyl (C=O) groups is 2. The number of halogens is 1. The van der Waals surface area contributed by atoms with E-state index in [1.807, 2.05) is 29.0 Å². The summed E-state index contributed by atoms with van der Waals surface area (Å²) in [6, 6.07) is 14.0. The summed E-state index contributed by atoms with van der Waals surface area (Å²) in [6.07, 6.45) is 3.50. The highest BCUT2D eigenvalue weighted by molar-refractivity contribution is 7.99. The summed E-state index contributed by atoms with van der Waals surface area (Å²) in [5.74, 6) is -0.365. The van der Waals surface area contributed by atoms with E-state index in [-0.39, 0.29) is 17.6 Å². The van der Waals surface area contributed by atoms with Gasteiger partial charge in [-0.1, -0.05) is 29.4 Å². The van der Waals surface area contributed by atoms with Crippen molar-refractivity contribution in [3.63, 3.8) is 0 Å². The molecule has 28 heavy (non-hydrogen) atoms. The lowest BCUT2D eigenvalue weighted by Gasteiger charge is -2.09. The molecule has 3 rings (SSSR count). The molecule has 0 aliphatic heterocycles. The molecule has 0 unspecified atom stereocenters. The maximum Gasteiger partial charge on any atom is 0.338 e. The van der Waals surface area contributed by atoms with Crippen molar-refractivity contribution in [3.8, 4) is 5.69 Å². The van der Waals surface area contributed by atoms with Crippen LogP contribution in [0.15, 0.2) is 66.1 Å². The van der Waals surface area contributed by atoms with Gasteiger partial charge in [0.05, 0.1) is 17.9 Å². The zero-order chi connectivity index (χ0) is 19.9. The number of nitrogens with zero attached hydrogens (tertiary/aromatic N) is 2. The van der Waals surface area contributed by atoms with Gasteiger partial charge in [-0.3, -0.25) is 9.36 Å².